The molecule has 0 bridgehead atoms. The van der Waals surface area contributed by atoms with Gasteiger partial charge in [0.1, 0.15) is 23.7 Å². The second kappa shape index (κ2) is 18.6. The summed E-state index contributed by atoms with van der Waals surface area (Å²) in [5.41, 5.74) is 6.53. The van der Waals surface area contributed by atoms with Crippen LogP contribution in [0.5, 0.6) is 0 Å². The highest BCUT2D eigenvalue weighted by molar-refractivity contribution is 5.91. The van der Waals surface area contributed by atoms with Crippen LogP contribution in [0, 0.1) is 5.92 Å². The van der Waals surface area contributed by atoms with Crippen LogP contribution < -0.4 is 10.6 Å². The number of aliphatic hydroxyl groups excluding tert-OH is 1. The lowest BCUT2D eigenvalue weighted by Gasteiger charge is -2.30. The number of nitrogens with one attached hydrogen (secondary N) is 4. The normalized spacial score (nSPS) is 19.5. The van der Waals surface area contributed by atoms with E-state index in [9.17, 15) is 24.3 Å². The van der Waals surface area contributed by atoms with Crippen LogP contribution in [-0.4, -0.2) is 109 Å². The number of fused-ring (bicyclic) bond motifs is 1. The molecule has 9 rings (SSSR count). The summed E-state index contributed by atoms with van der Waals surface area (Å²) in [6, 6.07) is 28.0. The number of H-pyrrole nitrogens is 2. The fraction of sp³-hybridized carbons (Fsp3) is 0.360. The highest BCUT2D eigenvalue weighted by Gasteiger charge is 2.39. The predicted molar refractivity (Wildman–Crippen MR) is 246 cm³/mol. The van der Waals surface area contributed by atoms with Gasteiger partial charge in [0.05, 0.1) is 49.1 Å². The van der Waals surface area contributed by atoms with Crippen LogP contribution in [0.1, 0.15) is 81.3 Å². The maximum absolute atomic E-state index is 14.3. The van der Waals surface area contributed by atoms with Crippen molar-refractivity contribution in [2.24, 2.45) is 5.92 Å². The molecule has 3 aliphatic rings. The van der Waals surface area contributed by atoms with Crippen molar-refractivity contribution < 1.29 is 29.0 Å². The van der Waals surface area contributed by atoms with Gasteiger partial charge >= 0.3 is 12.1 Å². The number of β-amino-alcohol motifs (C(OH)–C–C–N with tert-alkyl or cyclic N) is 1. The van der Waals surface area contributed by atoms with E-state index in [2.05, 4.69) is 81.3 Å². The zero-order valence-corrected chi connectivity index (χ0v) is 36.9. The van der Waals surface area contributed by atoms with Crippen molar-refractivity contribution >= 4 is 34.7 Å². The van der Waals surface area contributed by atoms with E-state index in [0.29, 0.717) is 37.4 Å². The number of methoxy groups -OCH3 is 1. The van der Waals surface area contributed by atoms with Gasteiger partial charge in [0.15, 0.2) is 0 Å². The SMILES string of the molecule is COC(=O)NC(C(=O)N1CCCC1c1ncc(-c2ccc(-c3ccc4cc(-c5cnc(C6CCCN6C(=O)C(NC(=O)N6CCC(O)C6)c6ccccc6)[nH]5)ccc4c3)cc2)[nH]1)C(C)C. The van der Waals surface area contributed by atoms with Crippen LogP contribution in [-0.2, 0) is 14.3 Å². The number of aromatic amines is 2. The Morgan fingerprint density at radius 3 is 1.86 bits per heavy atom. The third kappa shape index (κ3) is 9.05. The van der Waals surface area contributed by atoms with Crippen molar-refractivity contribution in [3.8, 4) is 33.6 Å². The number of ether oxygens (including phenoxy) is 1. The first-order valence-electron chi connectivity index (χ1n) is 22.5. The highest BCUT2D eigenvalue weighted by Crippen LogP contribution is 2.36. The van der Waals surface area contributed by atoms with Gasteiger partial charge in [-0.15, -0.1) is 0 Å². The number of aromatic nitrogens is 4. The minimum Gasteiger partial charge on any atom is -0.453 e. The molecule has 65 heavy (non-hydrogen) atoms. The zero-order valence-electron chi connectivity index (χ0n) is 36.9. The largest absolute Gasteiger partial charge is 0.453 e. The van der Waals surface area contributed by atoms with Gasteiger partial charge in [0.2, 0.25) is 11.8 Å². The van der Waals surface area contributed by atoms with E-state index in [1.807, 2.05) is 66.4 Å². The number of hydrogen-bond acceptors (Lipinski definition) is 8. The fourth-order valence-corrected chi connectivity index (χ4v) is 9.49. The molecule has 5 heterocycles. The number of carbonyl (C=O) groups excluding carboxylic acids is 4. The minimum atomic E-state index is -0.874. The monoisotopic (exact) mass is 877 g/mol. The van der Waals surface area contributed by atoms with Gasteiger partial charge in [0, 0.05) is 31.7 Å². The molecule has 0 spiro atoms. The molecule has 5 amide bonds. The Labute approximate surface area is 377 Å². The molecular weight excluding hydrogens is 823 g/mol. The van der Waals surface area contributed by atoms with E-state index >= 15 is 0 Å². The second-order valence-corrected chi connectivity index (χ2v) is 17.6. The number of amides is 5. The molecule has 5 N–H and O–H groups in total. The number of carbonyl (C=O) groups is 4. The number of benzene rings is 4. The first-order chi connectivity index (χ1) is 31.5. The molecule has 5 unspecified atom stereocenters. The van der Waals surface area contributed by atoms with Crippen LogP contribution >= 0.6 is 0 Å². The van der Waals surface area contributed by atoms with E-state index in [1.165, 1.54) is 7.11 Å². The van der Waals surface area contributed by atoms with Gasteiger partial charge in [-0.05, 0) is 83.2 Å². The zero-order chi connectivity index (χ0) is 45.2. The average molecular weight is 878 g/mol. The first-order valence-corrected chi connectivity index (χ1v) is 22.5. The second-order valence-electron chi connectivity index (χ2n) is 17.6. The van der Waals surface area contributed by atoms with E-state index in [0.717, 1.165) is 75.9 Å². The molecule has 0 saturated carbocycles. The highest BCUT2D eigenvalue weighted by atomic mass is 16.5. The number of urea groups is 1. The summed E-state index contributed by atoms with van der Waals surface area (Å²) in [6.45, 7) is 5.63. The molecule has 336 valence electrons. The maximum Gasteiger partial charge on any atom is 0.407 e. The van der Waals surface area contributed by atoms with Crippen molar-refractivity contribution in [3.63, 3.8) is 0 Å². The molecule has 3 saturated heterocycles. The Morgan fingerprint density at radius 1 is 0.692 bits per heavy atom. The molecule has 0 radical (unpaired) electrons. The lowest BCUT2D eigenvalue weighted by Crippen LogP contribution is -2.51. The standard InChI is InChI=1S/C50H55N9O6/c1-30(2)43(56-50(64)65-3)47(61)58-22-7-11-41(58)45-51-27-39(53-45)32-15-13-31(14-16-32)34-17-18-36-26-37(20-19-35(36)25-34)40-28-52-46(54-40)42-12-8-23-59(42)48(62)44(33-9-5-4-6-10-33)55-49(63)57-24-21-38(60)29-57/h4-6,9-10,13-20,25-28,30,38,41-44,60H,7-8,11-12,21-24,29H2,1-3H3,(H,51,53)(H,52,54)(H,55,63)(H,56,64). The lowest BCUT2D eigenvalue weighted by atomic mass is 9.98. The summed E-state index contributed by atoms with van der Waals surface area (Å²) in [6.07, 6.45) is 6.15. The molecule has 15 nitrogen and oxygen atoms in total. The maximum atomic E-state index is 14.3. The third-order valence-corrected chi connectivity index (χ3v) is 13.1. The van der Waals surface area contributed by atoms with Crippen LogP contribution in [0.15, 0.2) is 103 Å². The van der Waals surface area contributed by atoms with Gasteiger partial charge in [-0.3, -0.25) is 9.59 Å². The summed E-state index contributed by atoms with van der Waals surface area (Å²) in [5, 5.41) is 17.9. The van der Waals surface area contributed by atoms with Crippen molar-refractivity contribution in [2.45, 2.75) is 76.2 Å². The molecule has 2 aromatic heterocycles. The molecule has 6 aromatic rings. The van der Waals surface area contributed by atoms with E-state index in [-0.39, 0.29) is 42.4 Å². The minimum absolute atomic E-state index is 0.110. The number of imidazole rings is 2. The Kier molecular flexibility index (Phi) is 12.4. The summed E-state index contributed by atoms with van der Waals surface area (Å²) < 4.78 is 4.77. The van der Waals surface area contributed by atoms with E-state index < -0.39 is 24.3 Å². The molecule has 0 aliphatic carbocycles. The Balaban J connectivity index is 0.867. The number of aliphatic hydroxyl groups is 1. The quantitative estimate of drug-likeness (QED) is 0.0884. The Bertz CT molecular complexity index is 2680. The van der Waals surface area contributed by atoms with E-state index in [4.69, 9.17) is 14.7 Å². The number of rotatable bonds is 11. The van der Waals surface area contributed by atoms with E-state index in [1.54, 1.807) is 4.90 Å². The Hall–Kier alpha value is -7.00. The number of hydrogen-bond donors (Lipinski definition) is 5. The smallest absolute Gasteiger partial charge is 0.407 e. The van der Waals surface area contributed by atoms with Crippen LogP contribution in [0.3, 0.4) is 0 Å². The summed E-state index contributed by atoms with van der Waals surface area (Å²) in [5.74, 6) is 0.989. The van der Waals surface area contributed by atoms with Gasteiger partial charge in [0.25, 0.3) is 0 Å². The molecule has 15 heteroatoms. The van der Waals surface area contributed by atoms with Crippen LogP contribution in [0.4, 0.5) is 9.59 Å². The van der Waals surface area contributed by atoms with Crippen molar-refractivity contribution in [3.05, 3.63) is 121 Å². The topological polar surface area (TPSA) is 189 Å². The van der Waals surface area contributed by atoms with Gasteiger partial charge < -0.3 is 45.1 Å². The summed E-state index contributed by atoms with van der Waals surface area (Å²) >= 11 is 0. The van der Waals surface area contributed by atoms with Gasteiger partial charge in [-0.25, -0.2) is 19.6 Å². The number of likely N-dealkylation sites (tertiary alicyclic amines) is 3. The van der Waals surface area contributed by atoms with Gasteiger partial charge in [-0.2, -0.15) is 0 Å². The average Bonchev–Trinajstić information content (AvgIpc) is 4.19. The number of alkyl carbamates (subject to hydrolysis) is 1. The molecule has 5 atom stereocenters. The summed E-state index contributed by atoms with van der Waals surface area (Å²) in [7, 11) is 1.29. The fourth-order valence-electron chi connectivity index (χ4n) is 9.49. The predicted octanol–water partition coefficient (Wildman–Crippen LogP) is 7.51. The third-order valence-electron chi connectivity index (χ3n) is 13.1. The first kappa shape index (κ1) is 43.3. The molecule has 4 aromatic carbocycles. The molecule has 3 aliphatic heterocycles. The molecule has 3 fully saturated rings. The van der Waals surface area contributed by atoms with Crippen molar-refractivity contribution in [1.82, 2.24) is 45.3 Å². The summed E-state index contributed by atoms with van der Waals surface area (Å²) in [4.78, 5) is 74.8. The van der Waals surface area contributed by atoms with Crippen molar-refractivity contribution in [1.29, 1.82) is 0 Å². The lowest BCUT2D eigenvalue weighted by molar-refractivity contribution is -0.135. The van der Waals surface area contributed by atoms with Crippen LogP contribution in [0.25, 0.3) is 44.4 Å². The van der Waals surface area contributed by atoms with Crippen molar-refractivity contribution in [2.75, 3.05) is 33.3 Å². The van der Waals surface area contributed by atoms with Crippen LogP contribution in [0.2, 0.25) is 0 Å². The molecular formula is C50H55N9O6. The van der Waals surface area contributed by atoms with Gasteiger partial charge in [-0.1, -0.05) is 92.7 Å². The number of nitrogens with zero attached hydrogens (tertiary/aromatic N) is 5. The Morgan fingerprint density at radius 2 is 1.26 bits per heavy atom.